The maximum atomic E-state index is 11.4. The molecule has 0 aliphatic rings. The Kier molecular flexibility index (Phi) is 3.78. The molecule has 0 fully saturated rings. The van der Waals surface area contributed by atoms with E-state index in [0.29, 0.717) is 16.6 Å². The van der Waals surface area contributed by atoms with Gasteiger partial charge < -0.3 is 15.3 Å². The van der Waals surface area contributed by atoms with Crippen molar-refractivity contribution in [3.05, 3.63) is 44.5 Å². The van der Waals surface area contributed by atoms with Gasteiger partial charge >= 0.3 is 11.1 Å². The number of benzene rings is 1. The minimum absolute atomic E-state index is 0.0530. The largest absolute Gasteiger partial charge is 0.316 e. The Morgan fingerprint density at radius 2 is 1.75 bits per heavy atom. The Labute approximate surface area is 115 Å². The van der Waals surface area contributed by atoms with Crippen molar-refractivity contribution in [1.29, 1.82) is 0 Å². The highest BCUT2D eigenvalue weighted by molar-refractivity contribution is 7.90. The van der Waals surface area contributed by atoms with E-state index in [1.807, 2.05) is 0 Å². The van der Waals surface area contributed by atoms with Crippen LogP contribution in [0.25, 0.3) is 11.0 Å². The Morgan fingerprint density at radius 3 is 2.30 bits per heavy atom. The van der Waals surface area contributed by atoms with Crippen molar-refractivity contribution < 1.29 is 8.42 Å². The molecule has 0 bridgehead atoms. The molecule has 1 aromatic carbocycles. The van der Waals surface area contributed by atoms with Gasteiger partial charge in [0, 0.05) is 12.3 Å². The van der Waals surface area contributed by atoms with Gasteiger partial charge in [-0.1, -0.05) is 6.07 Å². The summed E-state index contributed by atoms with van der Waals surface area (Å²) in [5.74, 6) is -0.0530. The van der Waals surface area contributed by atoms with Crippen molar-refractivity contribution in [3.63, 3.8) is 0 Å². The average molecular weight is 297 g/mol. The molecular weight excluding hydrogens is 282 g/mol. The second-order valence-electron chi connectivity index (χ2n) is 4.65. The summed E-state index contributed by atoms with van der Waals surface area (Å²) in [7, 11) is -1.48. The molecule has 8 heteroatoms. The van der Waals surface area contributed by atoms with Gasteiger partial charge in [0.2, 0.25) is 0 Å². The second-order valence-corrected chi connectivity index (χ2v) is 6.83. The van der Waals surface area contributed by atoms with Crippen LogP contribution in [0.15, 0.2) is 27.8 Å². The lowest BCUT2D eigenvalue weighted by Gasteiger charge is -2.15. The molecule has 1 aromatic heterocycles. The molecule has 7 nitrogen and oxygen atoms in total. The van der Waals surface area contributed by atoms with E-state index in [9.17, 15) is 18.0 Å². The van der Waals surface area contributed by atoms with Crippen molar-refractivity contribution in [3.8, 4) is 0 Å². The molecule has 0 saturated carbocycles. The van der Waals surface area contributed by atoms with E-state index in [2.05, 4.69) is 15.3 Å². The van der Waals surface area contributed by atoms with E-state index in [1.54, 1.807) is 25.2 Å². The van der Waals surface area contributed by atoms with Gasteiger partial charge in [-0.3, -0.25) is 9.59 Å². The van der Waals surface area contributed by atoms with E-state index in [-0.39, 0.29) is 11.8 Å². The van der Waals surface area contributed by atoms with Gasteiger partial charge in [0.05, 0.1) is 16.8 Å². The van der Waals surface area contributed by atoms with Gasteiger partial charge in [0.15, 0.2) is 0 Å². The minimum Gasteiger partial charge on any atom is -0.316 e. The van der Waals surface area contributed by atoms with Crippen molar-refractivity contribution in [2.45, 2.75) is 6.04 Å². The molecule has 0 saturated heterocycles. The lowest BCUT2D eigenvalue weighted by molar-refractivity contribution is 0.579. The molecule has 0 radical (unpaired) electrons. The standard InChI is InChI=1S/C12H15N3O4S/c1-13-10(6-20(2,18)19)7-3-4-8-9(5-7)15-12(17)11(16)14-8/h3-5,10,13H,6H2,1-2H3,(H,14,16)(H,15,17). The van der Waals surface area contributed by atoms with E-state index >= 15 is 0 Å². The van der Waals surface area contributed by atoms with Gasteiger partial charge in [-0.25, -0.2) is 8.42 Å². The number of nitrogens with one attached hydrogen (secondary N) is 3. The predicted octanol–water partition coefficient (Wildman–Crippen LogP) is -0.478. The maximum Gasteiger partial charge on any atom is 0.314 e. The Bertz CT molecular complexity index is 851. The molecule has 0 amide bonds. The van der Waals surface area contributed by atoms with Crippen LogP contribution in [-0.4, -0.2) is 37.4 Å². The Hall–Kier alpha value is -1.93. The number of rotatable bonds is 4. The van der Waals surface area contributed by atoms with Crippen molar-refractivity contribution in [2.75, 3.05) is 19.1 Å². The fourth-order valence-corrected chi connectivity index (χ4v) is 2.96. The van der Waals surface area contributed by atoms with Gasteiger partial charge in [-0.05, 0) is 24.7 Å². The molecule has 2 rings (SSSR count). The summed E-state index contributed by atoms with van der Waals surface area (Å²) in [6, 6.07) is 4.61. The normalized spacial score (nSPS) is 13.5. The van der Waals surface area contributed by atoms with E-state index in [1.165, 1.54) is 0 Å². The first-order valence-electron chi connectivity index (χ1n) is 5.91. The summed E-state index contributed by atoms with van der Waals surface area (Å²) in [4.78, 5) is 27.4. The third-order valence-corrected chi connectivity index (χ3v) is 3.91. The zero-order chi connectivity index (χ0) is 14.9. The number of sulfone groups is 1. The molecule has 0 aliphatic carbocycles. The number of fused-ring (bicyclic) bond motifs is 1. The minimum atomic E-state index is -3.14. The fourth-order valence-electron chi connectivity index (χ4n) is 2.00. The zero-order valence-corrected chi connectivity index (χ0v) is 11.9. The van der Waals surface area contributed by atoms with Crippen LogP contribution in [0.3, 0.4) is 0 Å². The highest BCUT2D eigenvalue weighted by Gasteiger charge is 2.16. The second kappa shape index (κ2) is 5.22. The molecule has 108 valence electrons. The third-order valence-electron chi connectivity index (χ3n) is 2.97. The molecule has 2 aromatic rings. The van der Waals surface area contributed by atoms with Gasteiger partial charge in [0.1, 0.15) is 9.84 Å². The Morgan fingerprint density at radius 1 is 1.15 bits per heavy atom. The lowest BCUT2D eigenvalue weighted by atomic mass is 10.1. The molecular formula is C12H15N3O4S. The SMILES string of the molecule is CNC(CS(C)(=O)=O)c1ccc2[nH]c(=O)c(=O)[nH]c2c1. The van der Waals surface area contributed by atoms with Gasteiger partial charge in [-0.15, -0.1) is 0 Å². The molecule has 0 spiro atoms. The van der Waals surface area contributed by atoms with Gasteiger partial charge in [0.25, 0.3) is 0 Å². The summed E-state index contributed by atoms with van der Waals surface area (Å²) in [5.41, 5.74) is 0.215. The lowest BCUT2D eigenvalue weighted by Crippen LogP contribution is -2.29. The van der Waals surface area contributed by atoms with Crippen molar-refractivity contribution in [2.24, 2.45) is 0 Å². The number of hydrogen-bond donors (Lipinski definition) is 3. The summed E-state index contributed by atoms with van der Waals surface area (Å²) >= 11 is 0. The van der Waals surface area contributed by atoms with Crippen LogP contribution in [0.4, 0.5) is 0 Å². The first-order valence-corrected chi connectivity index (χ1v) is 7.97. The monoisotopic (exact) mass is 297 g/mol. The smallest absolute Gasteiger partial charge is 0.314 e. The summed E-state index contributed by atoms with van der Waals surface area (Å²) in [6.45, 7) is 0. The van der Waals surface area contributed by atoms with Crippen molar-refractivity contribution >= 4 is 20.9 Å². The van der Waals surface area contributed by atoms with Crippen LogP contribution in [0.5, 0.6) is 0 Å². The predicted molar refractivity (Wildman–Crippen MR) is 76.7 cm³/mol. The van der Waals surface area contributed by atoms with E-state index in [4.69, 9.17) is 0 Å². The van der Waals surface area contributed by atoms with Crippen LogP contribution >= 0.6 is 0 Å². The van der Waals surface area contributed by atoms with Crippen LogP contribution in [-0.2, 0) is 9.84 Å². The van der Waals surface area contributed by atoms with E-state index < -0.39 is 21.0 Å². The maximum absolute atomic E-state index is 11.4. The molecule has 0 aliphatic heterocycles. The van der Waals surface area contributed by atoms with Crippen LogP contribution in [0.1, 0.15) is 11.6 Å². The van der Waals surface area contributed by atoms with Gasteiger partial charge in [-0.2, -0.15) is 0 Å². The van der Waals surface area contributed by atoms with Crippen LogP contribution in [0.2, 0.25) is 0 Å². The third kappa shape index (κ3) is 3.14. The molecule has 1 unspecified atom stereocenters. The average Bonchev–Trinajstić information content (AvgIpc) is 2.36. The first-order chi connectivity index (χ1) is 9.30. The zero-order valence-electron chi connectivity index (χ0n) is 11.1. The first kappa shape index (κ1) is 14.5. The fraction of sp³-hybridized carbons (Fsp3) is 0.333. The quantitative estimate of drug-likeness (QED) is 0.660. The molecule has 20 heavy (non-hydrogen) atoms. The molecule has 1 atom stereocenters. The van der Waals surface area contributed by atoms with Crippen LogP contribution in [0, 0.1) is 0 Å². The highest BCUT2D eigenvalue weighted by atomic mass is 32.2. The molecule has 1 heterocycles. The Balaban J connectivity index is 2.52. The topological polar surface area (TPSA) is 112 Å². The highest BCUT2D eigenvalue weighted by Crippen LogP contribution is 2.18. The van der Waals surface area contributed by atoms with Crippen LogP contribution < -0.4 is 16.4 Å². The summed E-state index contributed by atoms with van der Waals surface area (Å²) in [5, 5.41) is 2.92. The number of aromatic amines is 2. The number of H-pyrrole nitrogens is 2. The summed E-state index contributed by atoms with van der Waals surface area (Å²) < 4.78 is 22.8. The summed E-state index contributed by atoms with van der Waals surface area (Å²) in [6.07, 6.45) is 1.16. The molecule has 3 N–H and O–H groups in total. The van der Waals surface area contributed by atoms with E-state index in [0.717, 1.165) is 6.26 Å². The van der Waals surface area contributed by atoms with Crippen molar-refractivity contribution in [1.82, 2.24) is 15.3 Å². The number of aromatic nitrogens is 2. The number of hydrogen-bond acceptors (Lipinski definition) is 5.